The normalized spacial score (nSPS) is 10.6. The van der Waals surface area contributed by atoms with Crippen molar-refractivity contribution < 1.29 is 9.47 Å². The first-order valence-corrected chi connectivity index (χ1v) is 8.86. The van der Waals surface area contributed by atoms with Crippen LogP contribution in [0.5, 0.6) is 17.4 Å². The Morgan fingerprint density at radius 1 is 0.964 bits per heavy atom. The quantitative estimate of drug-likeness (QED) is 0.512. The molecule has 0 aliphatic rings. The van der Waals surface area contributed by atoms with Gasteiger partial charge in [-0.2, -0.15) is 4.98 Å². The second-order valence-corrected chi connectivity index (χ2v) is 5.96. The number of nitrogens with one attached hydrogen (secondary N) is 1. The van der Waals surface area contributed by atoms with E-state index < -0.39 is 0 Å². The van der Waals surface area contributed by atoms with Gasteiger partial charge in [-0.1, -0.05) is 18.2 Å². The van der Waals surface area contributed by atoms with Gasteiger partial charge in [0, 0.05) is 17.3 Å². The molecule has 0 aliphatic carbocycles. The lowest BCUT2D eigenvalue weighted by atomic mass is 10.2. The van der Waals surface area contributed by atoms with Crippen LogP contribution in [0, 0.1) is 0 Å². The summed E-state index contributed by atoms with van der Waals surface area (Å²) in [5.74, 6) is 2.11. The van der Waals surface area contributed by atoms with Crippen LogP contribution in [0.15, 0.2) is 67.1 Å². The Morgan fingerprint density at radius 3 is 2.61 bits per heavy atom. The van der Waals surface area contributed by atoms with Crippen molar-refractivity contribution in [2.45, 2.75) is 6.92 Å². The molecule has 28 heavy (non-hydrogen) atoms. The average Bonchev–Trinajstić information content (AvgIpc) is 2.73. The summed E-state index contributed by atoms with van der Waals surface area (Å²) >= 11 is 0. The number of nitrogens with zero attached hydrogens (tertiary/aromatic N) is 3. The fourth-order valence-corrected chi connectivity index (χ4v) is 2.76. The molecule has 3 N–H and O–H groups in total. The average molecular weight is 373 g/mol. The summed E-state index contributed by atoms with van der Waals surface area (Å²) < 4.78 is 11.4. The summed E-state index contributed by atoms with van der Waals surface area (Å²) in [5.41, 5.74) is 8.12. The number of hydrogen-bond donors (Lipinski definition) is 2. The maximum Gasteiger partial charge on any atom is 0.248 e. The minimum Gasteiger partial charge on any atom is -0.494 e. The lowest BCUT2D eigenvalue weighted by molar-refractivity contribution is 0.340. The zero-order valence-corrected chi connectivity index (χ0v) is 15.3. The molecule has 2 aromatic carbocycles. The van der Waals surface area contributed by atoms with Gasteiger partial charge in [-0.25, -0.2) is 4.98 Å². The molecule has 2 aromatic heterocycles. The Labute approximate surface area is 162 Å². The SMILES string of the molecule is CCOc1ccc(Nc2ncnc(Oc3cccc4cccnc34)c2N)cc1. The Kier molecular flexibility index (Phi) is 4.88. The molecular formula is C21H19N5O2. The number of pyridine rings is 1. The Balaban J connectivity index is 1.59. The van der Waals surface area contributed by atoms with Gasteiger partial charge >= 0.3 is 0 Å². The third-order valence-electron chi connectivity index (χ3n) is 4.08. The van der Waals surface area contributed by atoms with Crippen molar-refractivity contribution >= 4 is 28.1 Å². The van der Waals surface area contributed by atoms with Crippen molar-refractivity contribution in [2.24, 2.45) is 0 Å². The molecule has 0 radical (unpaired) electrons. The molecule has 0 bridgehead atoms. The zero-order chi connectivity index (χ0) is 19.3. The van der Waals surface area contributed by atoms with Crippen LogP contribution in [0.25, 0.3) is 10.9 Å². The molecule has 0 aliphatic heterocycles. The predicted molar refractivity (Wildman–Crippen MR) is 109 cm³/mol. The van der Waals surface area contributed by atoms with Crippen molar-refractivity contribution in [3.05, 3.63) is 67.1 Å². The van der Waals surface area contributed by atoms with E-state index >= 15 is 0 Å². The van der Waals surface area contributed by atoms with E-state index in [2.05, 4.69) is 20.3 Å². The highest BCUT2D eigenvalue weighted by Gasteiger charge is 2.12. The fourth-order valence-electron chi connectivity index (χ4n) is 2.76. The second-order valence-electron chi connectivity index (χ2n) is 5.96. The van der Waals surface area contributed by atoms with E-state index in [0.29, 0.717) is 23.9 Å². The van der Waals surface area contributed by atoms with Crippen LogP contribution in [-0.4, -0.2) is 21.6 Å². The number of rotatable bonds is 6. The molecule has 2 heterocycles. The van der Waals surface area contributed by atoms with Crippen LogP contribution < -0.4 is 20.5 Å². The molecule has 0 fully saturated rings. The highest BCUT2D eigenvalue weighted by molar-refractivity contribution is 5.84. The molecule has 0 amide bonds. The van der Waals surface area contributed by atoms with E-state index in [1.165, 1.54) is 6.33 Å². The number of para-hydroxylation sites is 1. The summed E-state index contributed by atoms with van der Waals surface area (Å²) in [7, 11) is 0. The van der Waals surface area contributed by atoms with Crippen LogP contribution in [0.1, 0.15) is 6.92 Å². The molecule has 0 spiro atoms. The molecule has 140 valence electrons. The number of benzene rings is 2. The molecule has 0 saturated heterocycles. The number of aromatic nitrogens is 3. The van der Waals surface area contributed by atoms with E-state index in [1.807, 2.05) is 61.5 Å². The number of nitrogen functional groups attached to an aromatic ring is 1. The first kappa shape index (κ1) is 17.5. The summed E-state index contributed by atoms with van der Waals surface area (Å²) in [4.78, 5) is 12.8. The van der Waals surface area contributed by atoms with Crippen LogP contribution >= 0.6 is 0 Å². The Morgan fingerprint density at radius 2 is 1.79 bits per heavy atom. The van der Waals surface area contributed by atoms with E-state index in [9.17, 15) is 0 Å². The topological polar surface area (TPSA) is 95.2 Å². The minimum atomic E-state index is 0.265. The second kappa shape index (κ2) is 7.79. The third-order valence-corrected chi connectivity index (χ3v) is 4.08. The van der Waals surface area contributed by atoms with E-state index in [0.717, 1.165) is 22.3 Å². The smallest absolute Gasteiger partial charge is 0.248 e. The van der Waals surface area contributed by atoms with Crippen molar-refractivity contribution in [1.82, 2.24) is 15.0 Å². The number of fused-ring (bicyclic) bond motifs is 1. The van der Waals surface area contributed by atoms with Gasteiger partial charge in [0.05, 0.1) is 6.61 Å². The van der Waals surface area contributed by atoms with Crippen LogP contribution in [0.4, 0.5) is 17.2 Å². The van der Waals surface area contributed by atoms with Crippen LogP contribution in [-0.2, 0) is 0 Å². The molecule has 7 heteroatoms. The lowest BCUT2D eigenvalue weighted by Crippen LogP contribution is -2.03. The number of anilines is 3. The standard InChI is InChI=1S/C21H19N5O2/c1-2-27-16-10-8-15(9-11-16)26-20-18(22)21(25-13-24-20)28-17-7-3-5-14-6-4-12-23-19(14)17/h3-13H,2,22H2,1H3,(H,24,25,26). The number of ether oxygens (including phenoxy) is 2. The summed E-state index contributed by atoms with van der Waals surface area (Å²) in [6.45, 7) is 2.57. The molecule has 4 rings (SSSR count). The summed E-state index contributed by atoms with van der Waals surface area (Å²) in [6, 6.07) is 17.1. The van der Waals surface area contributed by atoms with Crippen molar-refractivity contribution in [1.29, 1.82) is 0 Å². The van der Waals surface area contributed by atoms with Gasteiger partial charge < -0.3 is 20.5 Å². The van der Waals surface area contributed by atoms with Crippen LogP contribution in [0.3, 0.4) is 0 Å². The highest BCUT2D eigenvalue weighted by atomic mass is 16.5. The molecule has 4 aromatic rings. The van der Waals surface area contributed by atoms with Gasteiger partial charge in [-0.15, -0.1) is 0 Å². The minimum absolute atomic E-state index is 0.265. The lowest BCUT2D eigenvalue weighted by Gasteiger charge is -2.13. The number of hydrogen-bond acceptors (Lipinski definition) is 7. The molecule has 0 saturated carbocycles. The van der Waals surface area contributed by atoms with E-state index in [1.54, 1.807) is 6.20 Å². The van der Waals surface area contributed by atoms with Crippen molar-refractivity contribution in [3.8, 4) is 17.4 Å². The Hall–Kier alpha value is -3.87. The van der Waals surface area contributed by atoms with Gasteiger partial charge in [0.1, 0.15) is 23.3 Å². The zero-order valence-electron chi connectivity index (χ0n) is 15.3. The molecular weight excluding hydrogens is 354 g/mol. The molecule has 7 nitrogen and oxygen atoms in total. The first-order valence-electron chi connectivity index (χ1n) is 8.86. The Bertz CT molecular complexity index is 1090. The largest absolute Gasteiger partial charge is 0.494 e. The molecule has 0 atom stereocenters. The van der Waals surface area contributed by atoms with Gasteiger partial charge in [-0.05, 0) is 43.3 Å². The van der Waals surface area contributed by atoms with Crippen LogP contribution in [0.2, 0.25) is 0 Å². The fraction of sp³-hybridized carbons (Fsp3) is 0.0952. The van der Waals surface area contributed by atoms with Gasteiger partial charge in [0.25, 0.3) is 0 Å². The summed E-state index contributed by atoms with van der Waals surface area (Å²) in [6.07, 6.45) is 3.12. The van der Waals surface area contributed by atoms with E-state index in [4.69, 9.17) is 15.2 Å². The third kappa shape index (κ3) is 3.64. The van der Waals surface area contributed by atoms with Crippen molar-refractivity contribution in [3.63, 3.8) is 0 Å². The monoisotopic (exact) mass is 373 g/mol. The number of nitrogens with two attached hydrogens (primary N) is 1. The maximum absolute atomic E-state index is 6.24. The molecule has 0 unspecified atom stereocenters. The predicted octanol–water partition coefficient (Wildman–Crippen LogP) is 4.54. The summed E-state index contributed by atoms with van der Waals surface area (Å²) in [5, 5.41) is 4.15. The van der Waals surface area contributed by atoms with Gasteiger partial charge in [0.2, 0.25) is 5.88 Å². The maximum atomic E-state index is 6.24. The van der Waals surface area contributed by atoms with Crippen molar-refractivity contribution in [2.75, 3.05) is 17.7 Å². The highest BCUT2D eigenvalue weighted by Crippen LogP contribution is 2.33. The van der Waals surface area contributed by atoms with Gasteiger partial charge in [-0.3, -0.25) is 4.98 Å². The van der Waals surface area contributed by atoms with Gasteiger partial charge in [0.15, 0.2) is 11.6 Å². The first-order chi connectivity index (χ1) is 13.7. The van der Waals surface area contributed by atoms with E-state index in [-0.39, 0.29) is 5.88 Å².